The van der Waals surface area contributed by atoms with E-state index in [1.54, 1.807) is 6.07 Å². The minimum atomic E-state index is -0.172. The number of phenolic OH excluding ortho intramolecular Hbond substituents is 1. The molecule has 0 bridgehead atoms. The number of rotatable bonds is 6. The molecule has 0 saturated carbocycles. The van der Waals surface area contributed by atoms with Crippen LogP contribution in [-0.4, -0.2) is 29.2 Å². The minimum absolute atomic E-state index is 0.172. The molecule has 4 rings (SSSR count). The Kier molecular flexibility index (Phi) is 6.11. The van der Waals surface area contributed by atoms with E-state index in [2.05, 4.69) is 22.9 Å². The monoisotopic (exact) mass is 438 g/mol. The first kappa shape index (κ1) is 20.5. The lowest BCUT2D eigenvalue weighted by molar-refractivity contribution is -0.143. The highest BCUT2D eigenvalue weighted by Crippen LogP contribution is 2.37. The molecule has 1 heterocycles. The predicted octanol–water partition coefficient (Wildman–Crippen LogP) is 5.01. The van der Waals surface area contributed by atoms with Crippen LogP contribution in [0.1, 0.15) is 18.9 Å². The summed E-state index contributed by atoms with van der Waals surface area (Å²) in [5.74, 6) is 0.0601. The van der Waals surface area contributed by atoms with E-state index in [4.69, 9.17) is 17.0 Å². The van der Waals surface area contributed by atoms with E-state index in [0.717, 1.165) is 38.1 Å². The smallest absolute Gasteiger partial charge is 0.306 e. The fraction of sp³-hybridized carbons (Fsp3) is 0.217. The molecule has 1 saturated heterocycles. The lowest BCUT2D eigenvalue weighted by Crippen LogP contribution is -2.13. The highest BCUT2D eigenvalue weighted by atomic mass is 32.2. The van der Waals surface area contributed by atoms with Crippen molar-refractivity contribution >= 4 is 51.8 Å². The number of esters is 1. The third kappa shape index (κ3) is 4.52. The molecule has 0 atom stereocenters. The number of fused-ring (bicyclic) bond motifs is 1. The third-order valence-corrected chi connectivity index (χ3v) is 6.19. The van der Waals surface area contributed by atoms with Crippen molar-refractivity contribution in [1.82, 2.24) is 4.72 Å². The topological polar surface area (TPSA) is 61.8 Å². The second-order valence-electron chi connectivity index (χ2n) is 7.06. The number of hydrogen-bond acceptors (Lipinski definition) is 6. The Morgan fingerprint density at radius 2 is 2.00 bits per heavy atom. The number of thiocarbonyl (C=S) groups is 1. The van der Waals surface area contributed by atoms with Gasteiger partial charge in [0.2, 0.25) is 0 Å². The maximum Gasteiger partial charge on any atom is 0.306 e. The number of hydrogen-bond donors (Lipinski definition) is 2. The summed E-state index contributed by atoms with van der Waals surface area (Å²) in [7, 11) is 0. The fourth-order valence-electron chi connectivity index (χ4n) is 3.47. The summed E-state index contributed by atoms with van der Waals surface area (Å²) in [6.07, 6.45) is 1.03. The molecule has 5 nitrogen and oxygen atoms in total. The second kappa shape index (κ2) is 8.93. The molecular weight excluding hydrogens is 416 g/mol. The molecule has 154 valence electrons. The van der Waals surface area contributed by atoms with Gasteiger partial charge in [-0.1, -0.05) is 48.6 Å². The van der Waals surface area contributed by atoms with Crippen LogP contribution in [0.4, 0.5) is 5.69 Å². The number of nitrogens with one attached hydrogen (secondary N) is 1. The summed E-state index contributed by atoms with van der Waals surface area (Å²) in [4.78, 5) is 12.4. The number of aromatic hydroxyl groups is 1. The first-order valence-electron chi connectivity index (χ1n) is 9.78. The van der Waals surface area contributed by atoms with Crippen LogP contribution in [0.2, 0.25) is 0 Å². The molecule has 3 aromatic rings. The zero-order valence-electron chi connectivity index (χ0n) is 16.6. The summed E-state index contributed by atoms with van der Waals surface area (Å²) in [6, 6.07) is 18.2. The molecule has 7 heteroatoms. The van der Waals surface area contributed by atoms with E-state index in [-0.39, 0.29) is 11.7 Å². The van der Waals surface area contributed by atoms with Crippen molar-refractivity contribution in [3.8, 4) is 16.9 Å². The van der Waals surface area contributed by atoms with E-state index in [9.17, 15) is 9.90 Å². The van der Waals surface area contributed by atoms with Crippen LogP contribution in [0.15, 0.2) is 54.6 Å². The summed E-state index contributed by atoms with van der Waals surface area (Å²) < 4.78 is 10.0. The number of nitrogens with zero attached hydrogens (tertiary/aromatic N) is 1. The summed E-state index contributed by atoms with van der Waals surface area (Å²) in [5.41, 5.74) is 4.01. The highest BCUT2D eigenvalue weighted by Gasteiger charge is 2.21. The van der Waals surface area contributed by atoms with Gasteiger partial charge in [-0.15, -0.1) is 0 Å². The van der Waals surface area contributed by atoms with Gasteiger partial charge < -0.3 is 14.6 Å². The van der Waals surface area contributed by atoms with E-state index in [1.807, 2.05) is 41.6 Å². The molecule has 0 aliphatic carbocycles. The third-order valence-electron chi connectivity index (χ3n) is 4.94. The average Bonchev–Trinajstić information content (AvgIpc) is 3.18. The van der Waals surface area contributed by atoms with Gasteiger partial charge in [-0.05, 0) is 59.0 Å². The Labute approximate surface area is 185 Å². The van der Waals surface area contributed by atoms with Gasteiger partial charge in [0.25, 0.3) is 0 Å². The predicted molar refractivity (Wildman–Crippen MR) is 127 cm³/mol. The van der Waals surface area contributed by atoms with Crippen molar-refractivity contribution in [1.29, 1.82) is 0 Å². The molecule has 0 aromatic heterocycles. The van der Waals surface area contributed by atoms with Crippen molar-refractivity contribution < 1.29 is 14.6 Å². The molecule has 0 radical (unpaired) electrons. The maximum atomic E-state index is 11.6. The molecule has 3 aromatic carbocycles. The Balaban J connectivity index is 1.61. The molecule has 0 amide bonds. The van der Waals surface area contributed by atoms with Crippen molar-refractivity contribution in [3.05, 3.63) is 60.2 Å². The first-order chi connectivity index (χ1) is 14.5. The zero-order valence-corrected chi connectivity index (χ0v) is 18.2. The van der Waals surface area contributed by atoms with Crippen LogP contribution in [0.25, 0.3) is 21.9 Å². The number of benzene rings is 3. The molecule has 1 aliphatic rings. The fourth-order valence-corrected chi connectivity index (χ4v) is 4.51. The summed E-state index contributed by atoms with van der Waals surface area (Å²) in [5, 5.41) is 12.5. The normalized spacial score (nSPS) is 13.5. The summed E-state index contributed by atoms with van der Waals surface area (Å²) >= 11 is 6.58. The standard InChI is InChI=1S/C23H22N2O3S2/c1-2-28-23(27)9-6-15-4-3-5-16(10-15)17-7-8-18-13-21(26)20(12-19(18)11-17)25-14-22(29)24-30-25/h3-5,7-8,10-13,26H,2,6,9,14H2,1H3,(H,24,29). The first-order valence-corrected chi connectivity index (χ1v) is 11.0. The van der Waals surface area contributed by atoms with E-state index < -0.39 is 0 Å². The van der Waals surface area contributed by atoms with Gasteiger partial charge in [0.05, 0.1) is 31.0 Å². The van der Waals surface area contributed by atoms with Gasteiger partial charge in [-0.2, -0.15) is 0 Å². The number of aryl methyl sites for hydroxylation is 1. The zero-order chi connectivity index (χ0) is 21.1. The lowest BCUT2D eigenvalue weighted by Gasteiger charge is -2.16. The van der Waals surface area contributed by atoms with Gasteiger partial charge in [-0.25, -0.2) is 0 Å². The Hall–Kier alpha value is -2.77. The average molecular weight is 439 g/mol. The minimum Gasteiger partial charge on any atom is -0.506 e. The molecular formula is C23H22N2O3S2. The van der Waals surface area contributed by atoms with Crippen LogP contribution in [0.5, 0.6) is 5.75 Å². The Bertz CT molecular complexity index is 1120. The van der Waals surface area contributed by atoms with Gasteiger partial charge in [-0.3, -0.25) is 9.10 Å². The van der Waals surface area contributed by atoms with Crippen LogP contribution in [-0.2, 0) is 16.0 Å². The maximum absolute atomic E-state index is 11.6. The number of ether oxygens (including phenoxy) is 1. The highest BCUT2D eigenvalue weighted by molar-refractivity contribution is 8.01. The Morgan fingerprint density at radius 1 is 1.17 bits per heavy atom. The second-order valence-corrected chi connectivity index (χ2v) is 8.38. The van der Waals surface area contributed by atoms with E-state index in [0.29, 0.717) is 26.0 Å². The van der Waals surface area contributed by atoms with Gasteiger partial charge in [0.1, 0.15) is 10.7 Å². The molecule has 0 unspecified atom stereocenters. The van der Waals surface area contributed by atoms with Gasteiger partial charge >= 0.3 is 5.97 Å². The molecule has 0 spiro atoms. The van der Waals surface area contributed by atoms with Crippen LogP contribution in [0, 0.1) is 0 Å². The van der Waals surface area contributed by atoms with E-state index >= 15 is 0 Å². The van der Waals surface area contributed by atoms with Crippen molar-refractivity contribution in [2.45, 2.75) is 19.8 Å². The molecule has 2 N–H and O–H groups in total. The van der Waals surface area contributed by atoms with Crippen molar-refractivity contribution in [2.24, 2.45) is 0 Å². The van der Waals surface area contributed by atoms with Crippen LogP contribution < -0.4 is 9.03 Å². The quantitative estimate of drug-likeness (QED) is 0.319. The number of carbonyl (C=O) groups is 1. The lowest BCUT2D eigenvalue weighted by atomic mass is 9.98. The van der Waals surface area contributed by atoms with Crippen LogP contribution in [0.3, 0.4) is 0 Å². The number of anilines is 1. The van der Waals surface area contributed by atoms with Gasteiger partial charge in [0.15, 0.2) is 0 Å². The van der Waals surface area contributed by atoms with Crippen molar-refractivity contribution in [2.75, 3.05) is 17.5 Å². The Morgan fingerprint density at radius 3 is 2.77 bits per heavy atom. The largest absolute Gasteiger partial charge is 0.506 e. The van der Waals surface area contributed by atoms with E-state index in [1.165, 1.54) is 12.1 Å². The number of phenols is 1. The molecule has 1 aliphatic heterocycles. The van der Waals surface area contributed by atoms with Crippen molar-refractivity contribution in [3.63, 3.8) is 0 Å². The van der Waals surface area contributed by atoms with Crippen LogP contribution >= 0.6 is 24.4 Å². The molecule has 1 fully saturated rings. The SMILES string of the molecule is CCOC(=O)CCc1cccc(-c2ccc3cc(O)c(N4CC(=S)NS4)cc3c2)c1. The molecule has 30 heavy (non-hydrogen) atoms. The van der Waals surface area contributed by atoms with Gasteiger partial charge in [0, 0.05) is 6.42 Å². The summed E-state index contributed by atoms with van der Waals surface area (Å²) in [6.45, 7) is 2.79. The number of carbonyl (C=O) groups excluding carboxylic acids is 1.